The van der Waals surface area contributed by atoms with Crippen molar-refractivity contribution in [1.29, 1.82) is 0 Å². The molecule has 128 valence electrons. The van der Waals surface area contributed by atoms with Crippen LogP contribution in [0.25, 0.3) is 0 Å². The summed E-state index contributed by atoms with van der Waals surface area (Å²) in [5, 5.41) is 2.67. The molecule has 0 spiro atoms. The molecular weight excluding hydrogens is 326 g/mol. The van der Waals surface area contributed by atoms with Crippen molar-refractivity contribution in [1.82, 2.24) is 10.2 Å². The molecule has 1 N–H and O–H groups in total. The van der Waals surface area contributed by atoms with Crippen molar-refractivity contribution in [3.63, 3.8) is 0 Å². The van der Waals surface area contributed by atoms with Crippen molar-refractivity contribution in [2.75, 3.05) is 24.6 Å². The first-order valence-electron chi connectivity index (χ1n) is 7.45. The summed E-state index contributed by atoms with van der Waals surface area (Å²) in [5.74, 6) is -1.61. The zero-order valence-electron chi connectivity index (χ0n) is 12.9. The number of nitrogens with zero attached hydrogens (tertiary/aromatic N) is 1. The van der Waals surface area contributed by atoms with Gasteiger partial charge in [0.2, 0.25) is 5.91 Å². The molecule has 0 aliphatic carbocycles. The van der Waals surface area contributed by atoms with E-state index in [0.717, 1.165) is 0 Å². The average molecular weight is 346 g/mol. The van der Waals surface area contributed by atoms with Gasteiger partial charge in [0.25, 0.3) is 0 Å². The summed E-state index contributed by atoms with van der Waals surface area (Å²) in [5.41, 5.74) is -0.0782. The van der Waals surface area contributed by atoms with E-state index in [4.69, 9.17) is 0 Å². The van der Waals surface area contributed by atoms with Crippen molar-refractivity contribution >= 4 is 15.7 Å². The molecule has 1 amide bonds. The van der Waals surface area contributed by atoms with Crippen LogP contribution in [-0.4, -0.2) is 49.9 Å². The van der Waals surface area contributed by atoms with Crippen LogP contribution >= 0.6 is 0 Å². The predicted octanol–water partition coefficient (Wildman–Crippen LogP) is 1.09. The minimum Gasteiger partial charge on any atom is -0.351 e. The van der Waals surface area contributed by atoms with Gasteiger partial charge in [0.1, 0.15) is 11.6 Å². The van der Waals surface area contributed by atoms with Crippen LogP contribution in [0.15, 0.2) is 18.2 Å². The Morgan fingerprint density at radius 2 is 2.00 bits per heavy atom. The number of halogens is 2. The van der Waals surface area contributed by atoms with Gasteiger partial charge in [-0.3, -0.25) is 9.69 Å². The molecule has 1 fully saturated rings. The van der Waals surface area contributed by atoms with Gasteiger partial charge in [0.15, 0.2) is 9.84 Å². The molecular formula is C15H20F2N2O3S. The topological polar surface area (TPSA) is 66.5 Å². The Morgan fingerprint density at radius 3 is 2.52 bits per heavy atom. The van der Waals surface area contributed by atoms with E-state index in [1.165, 1.54) is 18.2 Å². The highest BCUT2D eigenvalue weighted by Gasteiger charge is 2.29. The molecule has 8 heteroatoms. The average Bonchev–Trinajstić information content (AvgIpc) is 2.80. The number of benzene rings is 1. The van der Waals surface area contributed by atoms with Crippen molar-refractivity contribution in [2.45, 2.75) is 25.9 Å². The highest BCUT2D eigenvalue weighted by molar-refractivity contribution is 7.91. The Bertz CT molecular complexity index is 659. The molecule has 0 bridgehead atoms. The highest BCUT2D eigenvalue weighted by atomic mass is 32.2. The van der Waals surface area contributed by atoms with Crippen molar-refractivity contribution in [3.8, 4) is 0 Å². The van der Waals surface area contributed by atoms with Gasteiger partial charge in [0, 0.05) is 18.2 Å². The summed E-state index contributed by atoms with van der Waals surface area (Å²) in [4.78, 5) is 13.6. The molecule has 1 aromatic carbocycles. The largest absolute Gasteiger partial charge is 0.351 e. The molecule has 1 aliphatic rings. The summed E-state index contributed by atoms with van der Waals surface area (Å²) in [6.45, 7) is 2.16. The molecule has 0 radical (unpaired) electrons. The molecule has 1 aliphatic heterocycles. The van der Waals surface area contributed by atoms with E-state index in [-0.39, 0.29) is 42.1 Å². The first-order chi connectivity index (χ1) is 10.8. The molecule has 1 aromatic rings. The van der Waals surface area contributed by atoms with Crippen LogP contribution in [0.5, 0.6) is 0 Å². The zero-order valence-corrected chi connectivity index (χ0v) is 13.7. The number of nitrogens with one attached hydrogen (secondary N) is 1. The first-order valence-corrected chi connectivity index (χ1v) is 9.28. The summed E-state index contributed by atoms with van der Waals surface area (Å²) in [7, 11) is -3.06. The number of rotatable bonds is 6. The van der Waals surface area contributed by atoms with Crippen LogP contribution in [-0.2, 0) is 21.2 Å². The molecule has 1 saturated heterocycles. The first kappa shape index (κ1) is 17.8. The minimum absolute atomic E-state index is 0.0224. The molecule has 0 aromatic heterocycles. The Hall–Kier alpha value is -1.54. The lowest BCUT2D eigenvalue weighted by Gasteiger charge is -2.21. The van der Waals surface area contributed by atoms with Gasteiger partial charge in [-0.25, -0.2) is 17.2 Å². The van der Waals surface area contributed by atoms with Crippen molar-refractivity contribution in [3.05, 3.63) is 35.4 Å². The van der Waals surface area contributed by atoms with Crippen LogP contribution in [0.2, 0.25) is 0 Å². The van der Waals surface area contributed by atoms with Gasteiger partial charge < -0.3 is 5.32 Å². The Balaban J connectivity index is 1.93. The lowest BCUT2D eigenvalue weighted by atomic mass is 10.2. The number of carbonyl (C=O) groups is 1. The SMILES string of the molecule is CCN(CC(=O)N[C@H]1CCS(=O)(=O)C1)Cc1c(F)cccc1F. The van der Waals surface area contributed by atoms with E-state index >= 15 is 0 Å². The lowest BCUT2D eigenvalue weighted by Crippen LogP contribution is -2.42. The number of hydrogen-bond acceptors (Lipinski definition) is 4. The zero-order chi connectivity index (χ0) is 17.0. The lowest BCUT2D eigenvalue weighted by molar-refractivity contribution is -0.122. The number of sulfone groups is 1. The van der Waals surface area contributed by atoms with Gasteiger partial charge >= 0.3 is 0 Å². The summed E-state index contributed by atoms with van der Waals surface area (Å²) >= 11 is 0. The van der Waals surface area contributed by atoms with Crippen LogP contribution in [0.3, 0.4) is 0 Å². The third-order valence-corrected chi connectivity index (χ3v) is 5.62. The number of carbonyl (C=O) groups excluding carboxylic acids is 1. The minimum atomic E-state index is -3.06. The quantitative estimate of drug-likeness (QED) is 0.837. The second-order valence-corrected chi connectivity index (χ2v) is 7.90. The molecule has 23 heavy (non-hydrogen) atoms. The number of amides is 1. The van der Waals surface area contributed by atoms with Crippen LogP contribution in [0, 0.1) is 11.6 Å². The third-order valence-electron chi connectivity index (χ3n) is 3.86. The third kappa shape index (κ3) is 4.97. The molecule has 2 rings (SSSR count). The fraction of sp³-hybridized carbons (Fsp3) is 0.533. The predicted molar refractivity (Wildman–Crippen MR) is 82.5 cm³/mol. The number of hydrogen-bond donors (Lipinski definition) is 1. The maximum atomic E-state index is 13.7. The van der Waals surface area contributed by atoms with E-state index in [0.29, 0.717) is 13.0 Å². The van der Waals surface area contributed by atoms with Crippen LogP contribution in [0.1, 0.15) is 18.9 Å². The summed E-state index contributed by atoms with van der Waals surface area (Å²) < 4.78 is 50.1. The fourth-order valence-corrected chi connectivity index (χ4v) is 4.25. The van der Waals surface area contributed by atoms with Crippen LogP contribution < -0.4 is 5.32 Å². The van der Waals surface area contributed by atoms with E-state index in [9.17, 15) is 22.0 Å². The van der Waals surface area contributed by atoms with Gasteiger partial charge in [-0.2, -0.15) is 0 Å². The molecule has 1 heterocycles. The van der Waals surface area contributed by atoms with E-state index in [1.54, 1.807) is 11.8 Å². The van der Waals surface area contributed by atoms with Crippen LogP contribution in [0.4, 0.5) is 8.78 Å². The maximum Gasteiger partial charge on any atom is 0.234 e. The van der Waals surface area contributed by atoms with E-state index < -0.39 is 21.5 Å². The smallest absolute Gasteiger partial charge is 0.234 e. The Kier molecular flexibility index (Phi) is 5.69. The fourth-order valence-electron chi connectivity index (χ4n) is 2.57. The van der Waals surface area contributed by atoms with E-state index in [2.05, 4.69) is 5.32 Å². The molecule has 0 saturated carbocycles. The standard InChI is InChI=1S/C15H20F2N2O3S/c1-2-19(8-12-13(16)4-3-5-14(12)17)9-15(20)18-11-6-7-23(21,22)10-11/h3-5,11H,2,6-10H2,1H3,(H,18,20)/t11-/m0/s1. The van der Waals surface area contributed by atoms with Gasteiger partial charge in [-0.15, -0.1) is 0 Å². The second-order valence-electron chi connectivity index (χ2n) is 5.67. The monoisotopic (exact) mass is 346 g/mol. The molecule has 1 atom stereocenters. The van der Waals surface area contributed by atoms with Crippen molar-refractivity contribution < 1.29 is 22.0 Å². The van der Waals surface area contributed by atoms with Crippen molar-refractivity contribution in [2.24, 2.45) is 0 Å². The normalized spacial score (nSPS) is 19.9. The van der Waals surface area contributed by atoms with E-state index in [1.807, 2.05) is 0 Å². The molecule has 0 unspecified atom stereocenters. The number of likely N-dealkylation sites (N-methyl/N-ethyl adjacent to an activating group) is 1. The van der Waals surface area contributed by atoms with Gasteiger partial charge in [-0.05, 0) is 25.1 Å². The maximum absolute atomic E-state index is 13.7. The van der Waals surface area contributed by atoms with Gasteiger partial charge in [0.05, 0.1) is 18.1 Å². The Morgan fingerprint density at radius 1 is 1.35 bits per heavy atom. The van der Waals surface area contributed by atoms with Gasteiger partial charge in [-0.1, -0.05) is 13.0 Å². The molecule has 5 nitrogen and oxygen atoms in total. The summed E-state index contributed by atoms with van der Waals surface area (Å²) in [6.07, 6.45) is 0.405. The second kappa shape index (κ2) is 7.35. The Labute approximate surface area is 134 Å². The summed E-state index contributed by atoms with van der Waals surface area (Å²) in [6, 6.07) is 3.26. The highest BCUT2D eigenvalue weighted by Crippen LogP contribution is 2.15.